The van der Waals surface area contributed by atoms with E-state index in [1.807, 2.05) is 6.20 Å². The van der Waals surface area contributed by atoms with E-state index >= 15 is 0 Å². The van der Waals surface area contributed by atoms with E-state index in [2.05, 4.69) is 43.0 Å². The van der Waals surface area contributed by atoms with Gasteiger partial charge >= 0.3 is 0 Å². The summed E-state index contributed by atoms with van der Waals surface area (Å²) in [5, 5.41) is 3.30. The van der Waals surface area contributed by atoms with Crippen LogP contribution in [0.25, 0.3) is 0 Å². The largest absolute Gasteiger partial charge is 0.369 e. The zero-order chi connectivity index (χ0) is 11.4. The molecule has 0 atom stereocenters. The Labute approximate surface area is 105 Å². The molecule has 1 saturated heterocycles. The quantitative estimate of drug-likeness (QED) is 0.923. The fourth-order valence-corrected chi connectivity index (χ4v) is 2.13. The summed E-state index contributed by atoms with van der Waals surface area (Å²) >= 11 is 3.46. The minimum absolute atomic E-state index is 0.847. The number of anilines is 2. The van der Waals surface area contributed by atoms with E-state index in [-0.39, 0.29) is 0 Å². The molecule has 1 aliphatic heterocycles. The lowest BCUT2D eigenvalue weighted by Crippen LogP contribution is -2.21. The first-order chi connectivity index (χ1) is 7.81. The van der Waals surface area contributed by atoms with Crippen molar-refractivity contribution < 1.29 is 0 Å². The molecule has 0 radical (unpaired) electrons. The molecule has 1 aromatic heterocycles. The highest BCUT2D eigenvalue weighted by Gasteiger charge is 2.15. The smallest absolute Gasteiger partial charge is 0.227 e. The lowest BCUT2D eigenvalue weighted by atomic mass is 10.4. The highest BCUT2D eigenvalue weighted by atomic mass is 79.9. The first-order valence-corrected chi connectivity index (χ1v) is 6.62. The second-order valence-corrected chi connectivity index (χ2v) is 4.84. The number of halogens is 1. The summed E-state index contributed by atoms with van der Waals surface area (Å²) in [4.78, 5) is 11.1. The maximum atomic E-state index is 4.55. The maximum absolute atomic E-state index is 4.55. The van der Waals surface area contributed by atoms with Crippen molar-refractivity contribution in [1.29, 1.82) is 0 Å². The molecule has 0 aromatic carbocycles. The van der Waals surface area contributed by atoms with Gasteiger partial charge in [-0.15, -0.1) is 0 Å². The normalized spacial score (nSPS) is 15.5. The zero-order valence-electron chi connectivity index (χ0n) is 9.54. The first-order valence-electron chi connectivity index (χ1n) is 5.82. The molecule has 2 rings (SSSR count). The van der Waals surface area contributed by atoms with Gasteiger partial charge in [0.25, 0.3) is 0 Å². The summed E-state index contributed by atoms with van der Waals surface area (Å²) in [6.45, 7) is 5.24. The number of nitrogens with one attached hydrogen (secondary N) is 1. The van der Waals surface area contributed by atoms with Crippen molar-refractivity contribution in [2.75, 3.05) is 29.9 Å². The second-order valence-electron chi connectivity index (χ2n) is 3.99. The van der Waals surface area contributed by atoms with Crippen LogP contribution in [0.4, 0.5) is 11.8 Å². The van der Waals surface area contributed by atoms with Crippen LogP contribution < -0.4 is 10.2 Å². The van der Waals surface area contributed by atoms with Gasteiger partial charge in [-0.05, 0) is 35.2 Å². The van der Waals surface area contributed by atoms with Gasteiger partial charge in [-0.2, -0.15) is 4.98 Å². The molecule has 0 bridgehead atoms. The minimum atomic E-state index is 0.847. The van der Waals surface area contributed by atoms with Gasteiger partial charge < -0.3 is 10.2 Å². The van der Waals surface area contributed by atoms with Crippen LogP contribution in [0.5, 0.6) is 0 Å². The number of nitrogens with zero attached hydrogens (tertiary/aromatic N) is 3. The van der Waals surface area contributed by atoms with Gasteiger partial charge in [0, 0.05) is 25.8 Å². The van der Waals surface area contributed by atoms with Crippen molar-refractivity contribution in [3.8, 4) is 0 Å². The zero-order valence-corrected chi connectivity index (χ0v) is 11.1. The second kappa shape index (κ2) is 5.48. The molecule has 0 aliphatic carbocycles. The molecule has 1 aromatic rings. The van der Waals surface area contributed by atoms with Gasteiger partial charge in [-0.1, -0.05) is 6.92 Å². The minimum Gasteiger partial charge on any atom is -0.369 e. The summed E-state index contributed by atoms with van der Waals surface area (Å²) in [7, 11) is 0. The molecular weight excluding hydrogens is 268 g/mol. The molecule has 0 spiro atoms. The molecule has 2 heterocycles. The van der Waals surface area contributed by atoms with Crippen LogP contribution >= 0.6 is 15.9 Å². The highest BCUT2D eigenvalue weighted by molar-refractivity contribution is 9.10. The third kappa shape index (κ3) is 2.64. The van der Waals surface area contributed by atoms with Crippen molar-refractivity contribution in [2.45, 2.75) is 26.2 Å². The monoisotopic (exact) mass is 284 g/mol. The molecule has 1 aliphatic rings. The third-order valence-electron chi connectivity index (χ3n) is 2.66. The van der Waals surface area contributed by atoms with Crippen molar-refractivity contribution in [3.05, 3.63) is 10.7 Å². The number of hydrogen-bond acceptors (Lipinski definition) is 4. The van der Waals surface area contributed by atoms with Crippen LogP contribution in [-0.2, 0) is 0 Å². The van der Waals surface area contributed by atoms with Gasteiger partial charge in [0.15, 0.2) is 0 Å². The Balaban J connectivity index is 2.13. The highest BCUT2D eigenvalue weighted by Crippen LogP contribution is 2.23. The van der Waals surface area contributed by atoms with Crippen LogP contribution in [0.15, 0.2) is 10.7 Å². The fourth-order valence-electron chi connectivity index (χ4n) is 1.79. The van der Waals surface area contributed by atoms with Crippen molar-refractivity contribution in [1.82, 2.24) is 9.97 Å². The van der Waals surface area contributed by atoms with Crippen LogP contribution in [0.1, 0.15) is 26.2 Å². The fraction of sp³-hybridized carbons (Fsp3) is 0.636. The van der Waals surface area contributed by atoms with E-state index in [1.165, 1.54) is 12.8 Å². The molecule has 0 unspecified atom stereocenters. The van der Waals surface area contributed by atoms with Gasteiger partial charge in [-0.3, -0.25) is 0 Å². The third-order valence-corrected chi connectivity index (χ3v) is 3.24. The average molecular weight is 285 g/mol. The summed E-state index contributed by atoms with van der Waals surface area (Å²) in [5.74, 6) is 1.75. The Hall–Kier alpha value is -0.840. The van der Waals surface area contributed by atoms with E-state index in [9.17, 15) is 0 Å². The Kier molecular flexibility index (Phi) is 3.98. The number of rotatable bonds is 4. The van der Waals surface area contributed by atoms with Crippen LogP contribution in [0.2, 0.25) is 0 Å². The van der Waals surface area contributed by atoms with Gasteiger partial charge in [0.05, 0.1) is 4.47 Å². The molecule has 1 fully saturated rings. The molecular formula is C11H17BrN4. The van der Waals surface area contributed by atoms with E-state index in [0.29, 0.717) is 0 Å². The molecule has 0 saturated carbocycles. The van der Waals surface area contributed by atoms with E-state index in [1.54, 1.807) is 0 Å². The molecule has 0 amide bonds. The van der Waals surface area contributed by atoms with Crippen molar-refractivity contribution >= 4 is 27.7 Å². The predicted octanol–water partition coefficient (Wildman–Crippen LogP) is 2.66. The Bertz CT molecular complexity index is 350. The van der Waals surface area contributed by atoms with Crippen molar-refractivity contribution in [3.63, 3.8) is 0 Å². The van der Waals surface area contributed by atoms with Crippen LogP contribution in [-0.4, -0.2) is 29.6 Å². The van der Waals surface area contributed by atoms with Gasteiger partial charge in [0.2, 0.25) is 5.95 Å². The average Bonchev–Trinajstić information content (AvgIpc) is 2.81. The Morgan fingerprint density at radius 1 is 1.44 bits per heavy atom. The predicted molar refractivity (Wildman–Crippen MR) is 70.0 cm³/mol. The lowest BCUT2D eigenvalue weighted by Gasteiger charge is -2.16. The van der Waals surface area contributed by atoms with E-state index in [0.717, 1.165) is 42.3 Å². The number of aromatic nitrogens is 2. The van der Waals surface area contributed by atoms with Gasteiger partial charge in [-0.25, -0.2) is 4.98 Å². The molecule has 5 heteroatoms. The van der Waals surface area contributed by atoms with Crippen LogP contribution in [0.3, 0.4) is 0 Å². The SMILES string of the molecule is CCCNc1nc(N2CCCC2)ncc1Br. The first kappa shape index (κ1) is 11.6. The Morgan fingerprint density at radius 2 is 2.19 bits per heavy atom. The molecule has 16 heavy (non-hydrogen) atoms. The standard InChI is InChI=1S/C11H17BrN4/c1-2-5-13-10-9(12)8-14-11(15-10)16-6-3-4-7-16/h8H,2-7H2,1H3,(H,13,14,15). The summed E-state index contributed by atoms with van der Waals surface area (Å²) in [5.41, 5.74) is 0. The molecule has 4 nitrogen and oxygen atoms in total. The molecule has 1 N–H and O–H groups in total. The summed E-state index contributed by atoms with van der Waals surface area (Å²) < 4.78 is 0.934. The lowest BCUT2D eigenvalue weighted by molar-refractivity contribution is 0.889. The van der Waals surface area contributed by atoms with E-state index < -0.39 is 0 Å². The maximum Gasteiger partial charge on any atom is 0.227 e. The topological polar surface area (TPSA) is 41.1 Å². The summed E-state index contributed by atoms with van der Waals surface area (Å²) in [6.07, 6.45) is 5.42. The van der Waals surface area contributed by atoms with E-state index in [4.69, 9.17) is 0 Å². The van der Waals surface area contributed by atoms with Crippen molar-refractivity contribution in [2.24, 2.45) is 0 Å². The summed E-state index contributed by atoms with van der Waals surface area (Å²) in [6, 6.07) is 0. The van der Waals surface area contributed by atoms with Gasteiger partial charge in [0.1, 0.15) is 5.82 Å². The molecule has 88 valence electrons. The van der Waals surface area contributed by atoms with Crippen LogP contribution in [0, 0.1) is 0 Å². The Morgan fingerprint density at radius 3 is 2.88 bits per heavy atom. The number of hydrogen-bond donors (Lipinski definition) is 1.